The molecule has 21 heavy (non-hydrogen) atoms. The number of nitrogens with zero attached hydrogens (tertiary/aromatic N) is 1. The van der Waals surface area contributed by atoms with Crippen LogP contribution in [-0.2, 0) is 14.9 Å². The van der Waals surface area contributed by atoms with Crippen molar-refractivity contribution in [2.24, 2.45) is 5.92 Å². The van der Waals surface area contributed by atoms with Gasteiger partial charge in [-0.15, -0.1) is 11.3 Å². The minimum absolute atomic E-state index is 0.0299. The van der Waals surface area contributed by atoms with E-state index < -0.39 is 0 Å². The maximum absolute atomic E-state index is 12.4. The molecule has 2 aliphatic rings. The van der Waals surface area contributed by atoms with Gasteiger partial charge >= 0.3 is 0 Å². The molecule has 0 unspecified atom stereocenters. The molecule has 0 aliphatic carbocycles. The molecule has 3 heterocycles. The van der Waals surface area contributed by atoms with E-state index in [1.165, 1.54) is 0 Å². The molecule has 1 aromatic heterocycles. The zero-order valence-corrected chi connectivity index (χ0v) is 14.0. The first-order chi connectivity index (χ1) is 9.84. The van der Waals surface area contributed by atoms with Crippen LogP contribution in [0.15, 0.2) is 5.38 Å². The Morgan fingerprint density at radius 1 is 1.48 bits per heavy atom. The monoisotopic (exact) mass is 308 g/mol. The lowest BCUT2D eigenvalue weighted by molar-refractivity contribution is -0.127. The summed E-state index contributed by atoms with van der Waals surface area (Å²) in [5, 5.41) is 6.20. The summed E-state index contributed by atoms with van der Waals surface area (Å²) in [5.74, 6) is 0.162. The molecule has 5 heteroatoms. The second-order valence-corrected chi connectivity index (χ2v) is 8.16. The van der Waals surface area contributed by atoms with Gasteiger partial charge in [-0.2, -0.15) is 0 Å². The number of aromatic nitrogens is 1. The molecule has 4 atom stereocenters. The van der Waals surface area contributed by atoms with Crippen LogP contribution in [0.3, 0.4) is 0 Å². The second-order valence-electron chi connectivity index (χ2n) is 7.27. The molecular formula is C16H24N2O2S. The van der Waals surface area contributed by atoms with E-state index in [0.29, 0.717) is 6.10 Å². The van der Waals surface area contributed by atoms with Crippen LogP contribution >= 0.6 is 11.3 Å². The number of fused-ring (bicyclic) bond motifs is 2. The molecule has 2 aliphatic heterocycles. The first-order valence-corrected chi connectivity index (χ1v) is 8.64. The average molecular weight is 308 g/mol. The molecule has 0 spiro atoms. The summed E-state index contributed by atoms with van der Waals surface area (Å²) < 4.78 is 5.77. The van der Waals surface area contributed by atoms with Crippen LogP contribution in [-0.4, -0.2) is 23.1 Å². The van der Waals surface area contributed by atoms with Gasteiger partial charge in [0.25, 0.3) is 0 Å². The lowest BCUT2D eigenvalue weighted by Gasteiger charge is -2.20. The Bertz CT molecular complexity index is 535. The number of hydrogen-bond acceptors (Lipinski definition) is 4. The zero-order valence-electron chi connectivity index (χ0n) is 13.2. The van der Waals surface area contributed by atoms with Gasteiger partial charge in [0.05, 0.1) is 29.9 Å². The summed E-state index contributed by atoms with van der Waals surface area (Å²) >= 11 is 1.63. The summed E-state index contributed by atoms with van der Waals surface area (Å²) in [6, 6.07) is -0.0299. The van der Waals surface area contributed by atoms with Crippen LogP contribution in [0.4, 0.5) is 0 Å². The third kappa shape index (κ3) is 2.99. The third-order valence-corrected chi connectivity index (χ3v) is 5.49. The van der Waals surface area contributed by atoms with Crippen LogP contribution in [0.5, 0.6) is 0 Å². The maximum atomic E-state index is 12.4. The topological polar surface area (TPSA) is 51.2 Å². The highest BCUT2D eigenvalue weighted by Crippen LogP contribution is 2.39. The van der Waals surface area contributed by atoms with Crippen LogP contribution in [0.2, 0.25) is 0 Å². The fourth-order valence-electron chi connectivity index (χ4n) is 3.13. The van der Waals surface area contributed by atoms with Crippen molar-refractivity contribution in [1.29, 1.82) is 0 Å². The van der Waals surface area contributed by atoms with E-state index in [2.05, 4.69) is 36.5 Å². The van der Waals surface area contributed by atoms with E-state index in [0.717, 1.165) is 30.0 Å². The van der Waals surface area contributed by atoms with Crippen molar-refractivity contribution in [3.8, 4) is 0 Å². The van der Waals surface area contributed by atoms with E-state index in [-0.39, 0.29) is 29.4 Å². The number of carbonyl (C=O) groups is 1. The van der Waals surface area contributed by atoms with Crippen molar-refractivity contribution in [3.63, 3.8) is 0 Å². The number of hydrogen-bond donors (Lipinski definition) is 1. The van der Waals surface area contributed by atoms with Gasteiger partial charge in [0, 0.05) is 10.8 Å². The van der Waals surface area contributed by atoms with Crippen molar-refractivity contribution in [2.45, 2.75) is 70.6 Å². The Hall–Kier alpha value is -0.940. The maximum Gasteiger partial charge on any atom is 0.226 e. The van der Waals surface area contributed by atoms with Crippen LogP contribution in [0, 0.1) is 5.92 Å². The van der Waals surface area contributed by atoms with E-state index in [1.54, 1.807) is 11.3 Å². The minimum atomic E-state index is -0.0299. The van der Waals surface area contributed by atoms with Gasteiger partial charge in [-0.25, -0.2) is 4.98 Å². The van der Waals surface area contributed by atoms with Gasteiger partial charge in [0.2, 0.25) is 5.91 Å². The SMILES string of the molecule is C[C@H](NC(=O)[C@@H]1C[C@H]2CC[C@H]1O2)c1nc(C(C)(C)C)cs1. The highest BCUT2D eigenvalue weighted by atomic mass is 32.1. The molecular weight excluding hydrogens is 284 g/mol. The molecule has 3 rings (SSSR count). The fourth-order valence-corrected chi connectivity index (χ4v) is 4.18. The van der Waals surface area contributed by atoms with Gasteiger partial charge in [-0.3, -0.25) is 4.79 Å². The normalized spacial score (nSPS) is 29.6. The Kier molecular flexibility index (Phi) is 3.82. The van der Waals surface area contributed by atoms with E-state index in [4.69, 9.17) is 4.74 Å². The predicted molar refractivity (Wildman–Crippen MR) is 83.4 cm³/mol. The molecule has 0 aromatic carbocycles. The molecule has 0 saturated carbocycles. The Morgan fingerprint density at radius 3 is 2.76 bits per heavy atom. The second kappa shape index (κ2) is 5.36. The molecule has 1 N–H and O–H groups in total. The molecule has 116 valence electrons. The first-order valence-electron chi connectivity index (χ1n) is 7.76. The zero-order chi connectivity index (χ0) is 15.2. The standard InChI is InChI=1S/C16H24N2O2S/c1-9(15-18-13(8-21-15)16(2,3)4)17-14(19)11-7-10-5-6-12(11)20-10/h8-12H,5-7H2,1-4H3,(H,17,19)/t9-,10+,11+,12+/m0/s1. The van der Waals surface area contributed by atoms with Crippen LogP contribution < -0.4 is 5.32 Å². The summed E-state index contributed by atoms with van der Waals surface area (Å²) in [6.07, 6.45) is 3.49. The fraction of sp³-hybridized carbons (Fsp3) is 0.750. The Balaban J connectivity index is 1.62. The average Bonchev–Trinajstić information content (AvgIpc) is 3.13. The van der Waals surface area contributed by atoms with Gasteiger partial charge in [-0.1, -0.05) is 20.8 Å². The Morgan fingerprint density at radius 2 is 2.24 bits per heavy atom. The van der Waals surface area contributed by atoms with Gasteiger partial charge in [0.15, 0.2) is 0 Å². The van der Waals surface area contributed by atoms with Gasteiger partial charge in [-0.05, 0) is 26.2 Å². The van der Waals surface area contributed by atoms with Crippen molar-refractivity contribution >= 4 is 17.2 Å². The summed E-state index contributed by atoms with van der Waals surface area (Å²) in [7, 11) is 0. The number of amides is 1. The van der Waals surface area contributed by atoms with Crippen molar-refractivity contribution < 1.29 is 9.53 Å². The van der Waals surface area contributed by atoms with Crippen molar-refractivity contribution in [1.82, 2.24) is 10.3 Å². The molecule has 1 aromatic rings. The third-order valence-electron chi connectivity index (χ3n) is 4.46. The highest BCUT2D eigenvalue weighted by Gasteiger charge is 2.44. The number of rotatable bonds is 3. The van der Waals surface area contributed by atoms with Crippen molar-refractivity contribution in [2.75, 3.05) is 0 Å². The van der Waals surface area contributed by atoms with Crippen LogP contribution in [0.1, 0.15) is 63.7 Å². The minimum Gasteiger partial charge on any atom is -0.374 e. The van der Waals surface area contributed by atoms with E-state index >= 15 is 0 Å². The smallest absolute Gasteiger partial charge is 0.226 e. The number of nitrogens with one attached hydrogen (secondary N) is 1. The Labute approximate surface area is 130 Å². The van der Waals surface area contributed by atoms with Crippen molar-refractivity contribution in [3.05, 3.63) is 16.1 Å². The lowest BCUT2D eigenvalue weighted by atomic mass is 9.88. The highest BCUT2D eigenvalue weighted by molar-refractivity contribution is 7.09. The molecule has 0 radical (unpaired) electrons. The number of ether oxygens (including phenoxy) is 1. The summed E-state index contributed by atoms with van der Waals surface area (Å²) in [5.41, 5.74) is 1.14. The molecule has 2 saturated heterocycles. The number of carbonyl (C=O) groups excluding carboxylic acids is 1. The predicted octanol–water partition coefficient (Wildman–Crippen LogP) is 3.19. The molecule has 4 nitrogen and oxygen atoms in total. The van der Waals surface area contributed by atoms with Gasteiger partial charge in [0.1, 0.15) is 5.01 Å². The first kappa shape index (κ1) is 15.0. The quantitative estimate of drug-likeness (QED) is 0.933. The van der Waals surface area contributed by atoms with Gasteiger partial charge < -0.3 is 10.1 Å². The molecule has 2 fully saturated rings. The van der Waals surface area contributed by atoms with Crippen LogP contribution in [0.25, 0.3) is 0 Å². The lowest BCUT2D eigenvalue weighted by Crippen LogP contribution is -2.37. The molecule has 2 bridgehead atoms. The largest absolute Gasteiger partial charge is 0.374 e. The van der Waals surface area contributed by atoms with E-state index in [1.807, 2.05) is 6.92 Å². The summed E-state index contributed by atoms with van der Waals surface area (Å²) in [6.45, 7) is 8.47. The van der Waals surface area contributed by atoms with E-state index in [9.17, 15) is 4.79 Å². The number of thiazole rings is 1. The summed E-state index contributed by atoms with van der Waals surface area (Å²) in [4.78, 5) is 17.1. The molecule has 1 amide bonds.